The molecule has 0 radical (unpaired) electrons. The zero-order valence-corrected chi connectivity index (χ0v) is 9.69. The molecule has 6 heteroatoms. The molecule has 0 bridgehead atoms. The molecule has 15 heavy (non-hydrogen) atoms. The number of rotatable bonds is 3. The van der Waals surface area contributed by atoms with Crippen LogP contribution in [0.15, 0.2) is 24.4 Å². The van der Waals surface area contributed by atoms with E-state index in [-0.39, 0.29) is 5.88 Å². The van der Waals surface area contributed by atoms with Crippen LogP contribution in [0.5, 0.6) is 5.88 Å². The van der Waals surface area contributed by atoms with Gasteiger partial charge in [0, 0.05) is 6.20 Å². The van der Waals surface area contributed by atoms with Crippen molar-refractivity contribution in [2.45, 2.75) is 6.43 Å². The topological polar surface area (TPSA) is 26.5 Å². The van der Waals surface area contributed by atoms with E-state index in [9.17, 15) is 8.78 Å². The molecule has 0 spiro atoms. The lowest BCUT2D eigenvalue weighted by Crippen LogP contribution is -2.07. The molecule has 0 aliphatic carbocycles. The van der Waals surface area contributed by atoms with E-state index in [0.717, 1.165) is 0 Å². The van der Waals surface area contributed by atoms with Gasteiger partial charge in [-0.25, -0.2) is 8.78 Å². The fraction of sp³-hybridized carbons (Fsp3) is 0.222. The highest BCUT2D eigenvalue weighted by molar-refractivity contribution is 14.1. The van der Waals surface area contributed by atoms with Crippen molar-refractivity contribution in [2.75, 3.05) is 6.61 Å². The minimum absolute atomic E-state index is 0.252. The molecule has 0 atom stereocenters. The fourth-order valence-corrected chi connectivity index (χ4v) is 1.86. The molecule has 3 nitrogen and oxygen atoms in total. The Labute approximate surface area is 98.2 Å². The first-order valence-electron chi connectivity index (χ1n) is 4.22. The van der Waals surface area contributed by atoms with Crippen molar-refractivity contribution in [3.05, 3.63) is 28.1 Å². The van der Waals surface area contributed by atoms with Crippen LogP contribution in [0.25, 0.3) is 5.65 Å². The lowest BCUT2D eigenvalue weighted by molar-refractivity contribution is 0.0794. The summed E-state index contributed by atoms with van der Waals surface area (Å²) in [7, 11) is 0. The summed E-state index contributed by atoms with van der Waals surface area (Å²) < 4.78 is 31.3. The Hall–Kier alpha value is -0.920. The normalized spacial score (nSPS) is 11.2. The second-order valence-corrected chi connectivity index (χ2v) is 3.86. The minimum atomic E-state index is -2.48. The molecule has 80 valence electrons. The summed E-state index contributed by atoms with van der Waals surface area (Å²) in [6.07, 6.45) is -0.676. The van der Waals surface area contributed by atoms with E-state index in [1.165, 1.54) is 0 Å². The SMILES string of the molecule is FC(F)COc1nc2ccccn2c1I. The molecular formula is C9H7F2IN2O. The molecule has 2 aromatic rings. The maximum Gasteiger partial charge on any atom is 0.272 e. The monoisotopic (exact) mass is 324 g/mol. The Balaban J connectivity index is 2.32. The van der Waals surface area contributed by atoms with Gasteiger partial charge in [-0.05, 0) is 34.7 Å². The quantitative estimate of drug-likeness (QED) is 0.812. The molecule has 0 saturated heterocycles. The van der Waals surface area contributed by atoms with E-state index in [2.05, 4.69) is 4.98 Å². The van der Waals surface area contributed by atoms with Crippen molar-refractivity contribution in [3.63, 3.8) is 0 Å². The van der Waals surface area contributed by atoms with E-state index >= 15 is 0 Å². The lowest BCUT2D eigenvalue weighted by Gasteiger charge is -2.01. The highest BCUT2D eigenvalue weighted by Crippen LogP contribution is 2.21. The average molecular weight is 324 g/mol. The third-order valence-corrected chi connectivity index (χ3v) is 2.77. The Morgan fingerprint density at radius 1 is 1.47 bits per heavy atom. The number of ether oxygens (including phenoxy) is 1. The van der Waals surface area contributed by atoms with E-state index in [4.69, 9.17) is 4.74 Å². The van der Waals surface area contributed by atoms with E-state index in [1.54, 1.807) is 16.7 Å². The van der Waals surface area contributed by atoms with Crippen LogP contribution in [0.3, 0.4) is 0 Å². The molecule has 0 N–H and O–H groups in total. The van der Waals surface area contributed by atoms with Crippen LogP contribution < -0.4 is 4.74 Å². The lowest BCUT2D eigenvalue weighted by atomic mass is 10.5. The number of nitrogens with zero attached hydrogens (tertiary/aromatic N) is 2. The van der Waals surface area contributed by atoms with Crippen LogP contribution in [0.4, 0.5) is 8.78 Å². The summed E-state index contributed by atoms with van der Waals surface area (Å²) in [5.41, 5.74) is 0.686. The standard InChI is InChI=1S/C9H7F2IN2O/c10-6(11)5-15-9-8(12)14-4-2-1-3-7(14)13-9/h1-4,6H,5H2. The van der Waals surface area contributed by atoms with Crippen molar-refractivity contribution < 1.29 is 13.5 Å². The van der Waals surface area contributed by atoms with Crippen LogP contribution in [0.2, 0.25) is 0 Å². The summed E-state index contributed by atoms with van der Waals surface area (Å²) >= 11 is 2.01. The predicted molar refractivity (Wildman–Crippen MR) is 59.4 cm³/mol. The Bertz CT molecular complexity index is 472. The summed E-state index contributed by atoms with van der Waals surface area (Å²) in [4.78, 5) is 4.08. The van der Waals surface area contributed by atoms with Gasteiger partial charge in [0.2, 0.25) is 5.88 Å². The smallest absolute Gasteiger partial charge is 0.272 e. The molecule has 2 rings (SSSR count). The highest BCUT2D eigenvalue weighted by Gasteiger charge is 2.12. The van der Waals surface area contributed by atoms with Crippen LogP contribution in [0.1, 0.15) is 0 Å². The van der Waals surface area contributed by atoms with Crippen LogP contribution in [-0.4, -0.2) is 22.4 Å². The molecule has 0 aliphatic heterocycles. The van der Waals surface area contributed by atoms with Gasteiger partial charge < -0.3 is 4.74 Å². The van der Waals surface area contributed by atoms with Crippen molar-refractivity contribution in [1.29, 1.82) is 0 Å². The third kappa shape index (κ3) is 2.19. The number of alkyl halides is 2. The van der Waals surface area contributed by atoms with Crippen LogP contribution in [-0.2, 0) is 0 Å². The first-order chi connectivity index (χ1) is 7.18. The van der Waals surface area contributed by atoms with Gasteiger partial charge in [-0.3, -0.25) is 4.40 Å². The first kappa shape index (κ1) is 10.6. The van der Waals surface area contributed by atoms with Gasteiger partial charge in [0.25, 0.3) is 6.43 Å². The Morgan fingerprint density at radius 2 is 2.27 bits per heavy atom. The predicted octanol–water partition coefficient (Wildman–Crippen LogP) is 2.58. The largest absolute Gasteiger partial charge is 0.470 e. The van der Waals surface area contributed by atoms with Crippen molar-refractivity contribution in [3.8, 4) is 5.88 Å². The zero-order valence-electron chi connectivity index (χ0n) is 7.53. The van der Waals surface area contributed by atoms with Gasteiger partial charge in [0.05, 0.1) is 0 Å². The van der Waals surface area contributed by atoms with Crippen molar-refractivity contribution in [2.24, 2.45) is 0 Å². The van der Waals surface area contributed by atoms with Gasteiger partial charge in [0.15, 0.2) is 6.61 Å². The van der Waals surface area contributed by atoms with Gasteiger partial charge in [-0.1, -0.05) is 6.07 Å². The minimum Gasteiger partial charge on any atom is -0.470 e. The van der Waals surface area contributed by atoms with Gasteiger partial charge in [0.1, 0.15) is 9.35 Å². The number of halogens is 3. The van der Waals surface area contributed by atoms with Crippen molar-refractivity contribution >= 4 is 28.2 Å². The highest BCUT2D eigenvalue weighted by atomic mass is 127. The molecule has 2 heterocycles. The number of hydrogen-bond acceptors (Lipinski definition) is 2. The molecule has 2 aromatic heterocycles. The number of imidazole rings is 1. The summed E-state index contributed by atoms with van der Waals surface area (Å²) in [5.74, 6) is 0.252. The average Bonchev–Trinajstić information content (AvgIpc) is 2.54. The van der Waals surface area contributed by atoms with E-state index in [1.807, 2.05) is 34.7 Å². The number of hydrogen-bond donors (Lipinski definition) is 0. The molecule has 0 aliphatic rings. The van der Waals surface area contributed by atoms with Crippen LogP contribution in [0, 0.1) is 3.70 Å². The maximum atomic E-state index is 11.9. The zero-order chi connectivity index (χ0) is 10.8. The van der Waals surface area contributed by atoms with E-state index in [0.29, 0.717) is 9.35 Å². The Morgan fingerprint density at radius 3 is 2.93 bits per heavy atom. The fourth-order valence-electron chi connectivity index (χ4n) is 1.18. The number of aromatic nitrogens is 2. The summed E-state index contributed by atoms with van der Waals surface area (Å²) in [6.45, 7) is -0.625. The Kier molecular flexibility index (Phi) is 3.03. The van der Waals surface area contributed by atoms with Crippen LogP contribution >= 0.6 is 22.6 Å². The molecule has 0 saturated carbocycles. The molecule has 0 unspecified atom stereocenters. The van der Waals surface area contributed by atoms with Gasteiger partial charge in [-0.2, -0.15) is 4.98 Å². The molecule has 0 amide bonds. The third-order valence-electron chi connectivity index (χ3n) is 1.79. The molecule has 0 fully saturated rings. The number of pyridine rings is 1. The molecular weight excluding hydrogens is 317 g/mol. The van der Waals surface area contributed by atoms with Gasteiger partial charge in [-0.15, -0.1) is 0 Å². The van der Waals surface area contributed by atoms with E-state index < -0.39 is 13.0 Å². The second kappa shape index (κ2) is 4.30. The second-order valence-electron chi connectivity index (χ2n) is 2.84. The number of fused-ring (bicyclic) bond motifs is 1. The summed E-state index contributed by atoms with van der Waals surface area (Å²) in [5, 5.41) is 0. The molecule has 0 aromatic carbocycles. The maximum absolute atomic E-state index is 11.9. The van der Waals surface area contributed by atoms with Gasteiger partial charge >= 0.3 is 0 Å². The summed E-state index contributed by atoms with van der Waals surface area (Å²) in [6, 6.07) is 5.46. The first-order valence-corrected chi connectivity index (χ1v) is 5.30. The van der Waals surface area contributed by atoms with Crippen molar-refractivity contribution in [1.82, 2.24) is 9.38 Å².